The van der Waals surface area contributed by atoms with Gasteiger partial charge in [0.2, 0.25) is 0 Å². The smallest absolute Gasteiger partial charge is 0.267 e. The number of carbonyl (C=O) groups is 1. The Labute approximate surface area is 126 Å². The van der Waals surface area contributed by atoms with Gasteiger partial charge in [-0.05, 0) is 49.7 Å². The third-order valence-electron chi connectivity index (χ3n) is 6.12. The molecule has 2 saturated carbocycles. The number of benzene rings is 1. The van der Waals surface area contributed by atoms with Gasteiger partial charge in [0.25, 0.3) is 5.91 Å². The molecule has 2 aliphatic rings. The molecule has 1 amide bonds. The van der Waals surface area contributed by atoms with Crippen molar-refractivity contribution < 1.29 is 4.79 Å². The Bertz CT molecular complexity index is 600. The Balaban J connectivity index is 1.76. The number of amides is 1. The number of hydrogen-bond donors (Lipinski definition) is 1. The Hall–Kier alpha value is -1.64. The van der Waals surface area contributed by atoms with Crippen molar-refractivity contribution in [3.63, 3.8) is 0 Å². The molecule has 3 nitrogen and oxygen atoms in total. The van der Waals surface area contributed by atoms with Crippen molar-refractivity contribution in [1.82, 2.24) is 5.43 Å². The zero-order chi connectivity index (χ0) is 15.3. The maximum Gasteiger partial charge on any atom is 0.271 e. The van der Waals surface area contributed by atoms with Crippen LogP contribution in [0.5, 0.6) is 0 Å². The highest BCUT2D eigenvalue weighted by molar-refractivity contribution is 5.98. The van der Waals surface area contributed by atoms with Crippen LogP contribution in [0.15, 0.2) is 29.4 Å². The van der Waals surface area contributed by atoms with Crippen LogP contribution < -0.4 is 5.43 Å². The lowest BCUT2D eigenvalue weighted by atomic mass is 9.70. The van der Waals surface area contributed by atoms with Gasteiger partial charge in [-0.1, -0.05) is 38.5 Å². The van der Waals surface area contributed by atoms with Gasteiger partial charge in [0.05, 0.1) is 0 Å². The van der Waals surface area contributed by atoms with E-state index >= 15 is 0 Å². The molecule has 0 aromatic heterocycles. The van der Waals surface area contributed by atoms with E-state index in [1.807, 2.05) is 31.2 Å². The molecule has 3 heteroatoms. The van der Waals surface area contributed by atoms with Crippen LogP contribution in [0.3, 0.4) is 0 Å². The van der Waals surface area contributed by atoms with Crippen LogP contribution >= 0.6 is 0 Å². The Morgan fingerprint density at radius 1 is 1.24 bits per heavy atom. The zero-order valence-corrected chi connectivity index (χ0v) is 13.4. The van der Waals surface area contributed by atoms with Gasteiger partial charge in [0.15, 0.2) is 0 Å². The molecule has 0 aliphatic heterocycles. The molecule has 1 N–H and O–H groups in total. The molecule has 0 saturated heterocycles. The highest BCUT2D eigenvalue weighted by atomic mass is 16.2. The highest BCUT2D eigenvalue weighted by Gasteiger charge is 2.59. The second-order valence-electron chi connectivity index (χ2n) is 7.36. The van der Waals surface area contributed by atoms with Crippen molar-refractivity contribution in [2.24, 2.45) is 21.8 Å². The van der Waals surface area contributed by atoms with Gasteiger partial charge < -0.3 is 0 Å². The van der Waals surface area contributed by atoms with Crippen LogP contribution in [0.4, 0.5) is 0 Å². The molecule has 1 aromatic rings. The fourth-order valence-electron chi connectivity index (χ4n) is 3.99. The van der Waals surface area contributed by atoms with E-state index in [2.05, 4.69) is 31.3 Å². The van der Waals surface area contributed by atoms with Crippen molar-refractivity contribution in [2.45, 2.75) is 47.0 Å². The summed E-state index contributed by atoms with van der Waals surface area (Å²) in [5, 5.41) is 4.49. The minimum Gasteiger partial charge on any atom is -0.267 e. The Morgan fingerprint density at radius 3 is 2.43 bits per heavy atom. The summed E-state index contributed by atoms with van der Waals surface area (Å²) in [6.45, 7) is 9.00. The third-order valence-corrected chi connectivity index (χ3v) is 6.12. The van der Waals surface area contributed by atoms with Gasteiger partial charge in [0.1, 0.15) is 0 Å². The number of nitrogens with zero attached hydrogens (tertiary/aromatic N) is 1. The predicted octanol–water partition coefficient (Wildman–Crippen LogP) is 3.93. The molecule has 0 radical (unpaired) electrons. The first-order valence-corrected chi connectivity index (χ1v) is 7.78. The van der Waals surface area contributed by atoms with Crippen LogP contribution in [0.1, 0.15) is 56.0 Å². The summed E-state index contributed by atoms with van der Waals surface area (Å²) in [4.78, 5) is 12.2. The zero-order valence-electron chi connectivity index (χ0n) is 13.4. The molecule has 0 heterocycles. The second kappa shape index (κ2) is 4.69. The van der Waals surface area contributed by atoms with Crippen LogP contribution in [-0.4, -0.2) is 11.6 Å². The van der Waals surface area contributed by atoms with Crippen LogP contribution in [0.25, 0.3) is 0 Å². The van der Waals surface area contributed by atoms with Crippen LogP contribution in [0.2, 0.25) is 0 Å². The quantitative estimate of drug-likeness (QED) is 0.821. The summed E-state index contributed by atoms with van der Waals surface area (Å²) >= 11 is 0. The Kier molecular flexibility index (Phi) is 3.19. The maximum absolute atomic E-state index is 12.2. The molecule has 0 spiro atoms. The van der Waals surface area contributed by atoms with E-state index in [0.29, 0.717) is 16.9 Å². The first-order chi connectivity index (χ1) is 9.84. The molecular weight excluding hydrogens is 260 g/mol. The third kappa shape index (κ3) is 2.10. The maximum atomic E-state index is 12.2. The largest absolute Gasteiger partial charge is 0.271 e. The summed E-state index contributed by atoms with van der Waals surface area (Å²) < 4.78 is 0. The molecule has 1 aromatic carbocycles. The van der Waals surface area contributed by atoms with E-state index in [1.54, 1.807) is 0 Å². The predicted molar refractivity (Wildman–Crippen MR) is 85.3 cm³/mol. The van der Waals surface area contributed by atoms with E-state index in [9.17, 15) is 4.79 Å². The molecule has 2 aliphatic carbocycles. The standard InChI is InChI=1S/C18H24N2O/c1-12-5-7-13(8-6-12)16(21)20-19-15-11-14-9-10-18(15,4)17(14,2)3/h5-8,14H,9-11H2,1-4H3,(H,20,21)/b19-15-/t14-,18-/m1/s1. The Morgan fingerprint density at radius 2 is 1.90 bits per heavy atom. The van der Waals surface area contributed by atoms with Crippen molar-refractivity contribution in [1.29, 1.82) is 0 Å². The second-order valence-corrected chi connectivity index (χ2v) is 7.36. The molecule has 2 atom stereocenters. The van der Waals surface area contributed by atoms with Crippen LogP contribution in [0, 0.1) is 23.7 Å². The van der Waals surface area contributed by atoms with E-state index in [-0.39, 0.29) is 11.3 Å². The van der Waals surface area contributed by atoms with E-state index < -0.39 is 0 Å². The minimum atomic E-state index is -0.119. The van der Waals surface area contributed by atoms with E-state index in [1.165, 1.54) is 18.6 Å². The number of carbonyl (C=O) groups excluding carboxylic acids is 1. The lowest BCUT2D eigenvalue weighted by Gasteiger charge is -2.34. The van der Waals surface area contributed by atoms with Gasteiger partial charge >= 0.3 is 0 Å². The molecule has 2 bridgehead atoms. The average Bonchev–Trinajstić information content (AvgIpc) is 2.78. The number of hydrogen-bond acceptors (Lipinski definition) is 2. The van der Waals surface area contributed by atoms with Crippen molar-refractivity contribution >= 4 is 11.6 Å². The van der Waals surface area contributed by atoms with Gasteiger partial charge in [-0.15, -0.1) is 0 Å². The molecule has 0 unspecified atom stereocenters. The van der Waals surface area contributed by atoms with Gasteiger partial charge in [-0.25, -0.2) is 5.43 Å². The summed E-state index contributed by atoms with van der Waals surface area (Å²) in [7, 11) is 0. The van der Waals surface area contributed by atoms with Crippen LogP contribution in [-0.2, 0) is 0 Å². The van der Waals surface area contributed by atoms with Crippen molar-refractivity contribution in [3.8, 4) is 0 Å². The normalized spacial score (nSPS) is 31.6. The van der Waals surface area contributed by atoms with Crippen molar-refractivity contribution in [3.05, 3.63) is 35.4 Å². The lowest BCUT2D eigenvalue weighted by molar-refractivity contribution is 0.0954. The summed E-state index contributed by atoms with van der Waals surface area (Å²) in [6, 6.07) is 7.59. The fourth-order valence-corrected chi connectivity index (χ4v) is 3.99. The first-order valence-electron chi connectivity index (χ1n) is 7.78. The summed E-state index contributed by atoms with van der Waals surface area (Å²) in [6.07, 6.45) is 3.50. The fraction of sp³-hybridized carbons (Fsp3) is 0.556. The monoisotopic (exact) mass is 284 g/mol. The highest BCUT2D eigenvalue weighted by Crippen LogP contribution is 2.63. The summed E-state index contributed by atoms with van der Waals surface area (Å²) in [5.41, 5.74) is 6.17. The number of hydrazone groups is 1. The van der Waals surface area contributed by atoms with E-state index in [0.717, 1.165) is 12.0 Å². The number of rotatable bonds is 2. The first kappa shape index (κ1) is 14.3. The topological polar surface area (TPSA) is 41.5 Å². The van der Waals surface area contributed by atoms with Gasteiger partial charge in [0, 0.05) is 16.7 Å². The van der Waals surface area contributed by atoms with Gasteiger partial charge in [-0.3, -0.25) is 4.79 Å². The number of aryl methyl sites for hydroxylation is 1. The van der Waals surface area contributed by atoms with E-state index in [4.69, 9.17) is 0 Å². The average molecular weight is 284 g/mol. The summed E-state index contributed by atoms with van der Waals surface area (Å²) in [5.74, 6) is 0.587. The lowest BCUT2D eigenvalue weighted by Crippen LogP contribution is -2.34. The molecule has 21 heavy (non-hydrogen) atoms. The molecular formula is C18H24N2O. The van der Waals surface area contributed by atoms with Gasteiger partial charge in [-0.2, -0.15) is 5.10 Å². The number of fused-ring (bicyclic) bond motifs is 2. The molecule has 3 rings (SSSR count). The molecule has 2 fully saturated rings. The molecule has 112 valence electrons. The van der Waals surface area contributed by atoms with Crippen molar-refractivity contribution in [2.75, 3.05) is 0 Å². The SMILES string of the molecule is Cc1ccc(C(=O)N/N=C2/C[C@H]3CC[C@@]2(C)C3(C)C)cc1. The number of nitrogens with one attached hydrogen (secondary N) is 1. The minimum absolute atomic E-state index is 0.119.